The van der Waals surface area contributed by atoms with Crippen molar-refractivity contribution < 1.29 is 13.2 Å². The number of rotatable bonds is 5. The molecule has 0 saturated carbocycles. The highest BCUT2D eigenvalue weighted by Gasteiger charge is 2.38. The third-order valence-corrected chi connectivity index (χ3v) is 8.24. The maximum atomic E-state index is 12.8. The molecule has 0 N–H and O–H groups in total. The molecule has 3 rings (SSSR count). The van der Waals surface area contributed by atoms with E-state index in [0.717, 1.165) is 38.9 Å². The van der Waals surface area contributed by atoms with Gasteiger partial charge in [0.1, 0.15) is 0 Å². The maximum absolute atomic E-state index is 12.8. The zero-order chi connectivity index (χ0) is 18.0. The van der Waals surface area contributed by atoms with Gasteiger partial charge in [-0.25, -0.2) is 12.7 Å². The van der Waals surface area contributed by atoms with E-state index in [4.69, 9.17) is 0 Å². The number of hydrogen-bond acceptors (Lipinski definition) is 4. The minimum absolute atomic E-state index is 0.102. The van der Waals surface area contributed by atoms with E-state index in [0.29, 0.717) is 44.9 Å². The number of likely N-dealkylation sites (tertiary alicyclic amines) is 2. The molecule has 25 heavy (non-hydrogen) atoms. The molecule has 3 fully saturated rings. The van der Waals surface area contributed by atoms with Crippen molar-refractivity contribution in [3.8, 4) is 0 Å². The molecule has 0 aromatic carbocycles. The number of carbonyl (C=O) groups is 1. The smallest absolute Gasteiger partial charge is 0.227 e. The fourth-order valence-corrected chi connectivity index (χ4v) is 6.50. The first-order valence-electron chi connectivity index (χ1n) is 9.88. The molecule has 3 saturated heterocycles. The predicted molar refractivity (Wildman–Crippen MR) is 98.7 cm³/mol. The molecular formula is C18H33N3O3S. The Kier molecular flexibility index (Phi) is 6.06. The second-order valence-electron chi connectivity index (χ2n) is 8.31. The van der Waals surface area contributed by atoms with Crippen LogP contribution in [-0.4, -0.2) is 79.5 Å². The lowest BCUT2D eigenvalue weighted by atomic mass is 10.0. The number of nitrogens with zero attached hydrogens (tertiary/aromatic N) is 3. The van der Waals surface area contributed by atoms with E-state index < -0.39 is 10.0 Å². The van der Waals surface area contributed by atoms with Gasteiger partial charge in [0, 0.05) is 39.3 Å². The SMILES string of the molecule is CC(C)CN1CC[C@H](C(=O)N2CCC(S(=O)(=O)N3CCCC3)CC2)C1. The molecule has 0 spiro atoms. The quantitative estimate of drug-likeness (QED) is 0.733. The summed E-state index contributed by atoms with van der Waals surface area (Å²) in [5, 5.41) is -0.296. The number of amides is 1. The first-order chi connectivity index (χ1) is 11.9. The summed E-state index contributed by atoms with van der Waals surface area (Å²) in [5.41, 5.74) is 0. The normalized spacial score (nSPS) is 27.5. The van der Waals surface area contributed by atoms with E-state index in [-0.39, 0.29) is 17.1 Å². The first-order valence-corrected chi connectivity index (χ1v) is 11.4. The van der Waals surface area contributed by atoms with Crippen LogP contribution in [0.5, 0.6) is 0 Å². The monoisotopic (exact) mass is 371 g/mol. The second kappa shape index (κ2) is 7.92. The lowest BCUT2D eigenvalue weighted by molar-refractivity contribution is -0.136. The van der Waals surface area contributed by atoms with Crippen molar-refractivity contribution in [2.45, 2.75) is 51.2 Å². The zero-order valence-electron chi connectivity index (χ0n) is 15.7. The Bertz CT molecular complexity index is 564. The molecule has 144 valence electrons. The van der Waals surface area contributed by atoms with Crippen LogP contribution in [0.1, 0.15) is 46.0 Å². The Balaban J connectivity index is 1.50. The van der Waals surface area contributed by atoms with Crippen LogP contribution in [0.2, 0.25) is 0 Å². The summed E-state index contributed by atoms with van der Waals surface area (Å²) in [7, 11) is -3.17. The molecule has 3 aliphatic heterocycles. The molecule has 0 bridgehead atoms. The molecular weight excluding hydrogens is 338 g/mol. The largest absolute Gasteiger partial charge is 0.342 e. The van der Waals surface area contributed by atoms with Crippen LogP contribution in [0.15, 0.2) is 0 Å². The minimum atomic E-state index is -3.17. The van der Waals surface area contributed by atoms with Gasteiger partial charge in [-0.3, -0.25) is 4.79 Å². The van der Waals surface area contributed by atoms with E-state index in [1.54, 1.807) is 4.31 Å². The fourth-order valence-electron chi connectivity index (χ4n) is 4.50. The van der Waals surface area contributed by atoms with Crippen LogP contribution >= 0.6 is 0 Å². The number of sulfonamides is 1. The Labute approximate surface area is 152 Å². The van der Waals surface area contributed by atoms with Crippen molar-refractivity contribution >= 4 is 15.9 Å². The van der Waals surface area contributed by atoms with Gasteiger partial charge in [0.25, 0.3) is 0 Å². The van der Waals surface area contributed by atoms with Gasteiger partial charge in [0.05, 0.1) is 11.2 Å². The standard InChI is InChI=1S/C18H33N3O3S/c1-15(2)13-19-10-5-16(14-19)18(22)20-11-6-17(7-12-20)25(23,24)21-8-3-4-9-21/h15-17H,3-14H2,1-2H3/t16-/m0/s1. The Morgan fingerprint density at radius 1 is 1.00 bits per heavy atom. The summed E-state index contributed by atoms with van der Waals surface area (Å²) in [6.07, 6.45) is 4.08. The Morgan fingerprint density at radius 3 is 2.24 bits per heavy atom. The van der Waals surface area contributed by atoms with Gasteiger partial charge in [-0.15, -0.1) is 0 Å². The van der Waals surface area contributed by atoms with Crippen molar-refractivity contribution in [3.63, 3.8) is 0 Å². The van der Waals surface area contributed by atoms with Crippen LogP contribution < -0.4 is 0 Å². The van der Waals surface area contributed by atoms with E-state index in [1.807, 2.05) is 4.90 Å². The van der Waals surface area contributed by atoms with Gasteiger partial charge in [0.2, 0.25) is 15.9 Å². The third kappa shape index (κ3) is 4.37. The van der Waals surface area contributed by atoms with Crippen molar-refractivity contribution in [2.75, 3.05) is 45.8 Å². The van der Waals surface area contributed by atoms with Crippen molar-refractivity contribution in [1.29, 1.82) is 0 Å². The third-order valence-electron chi connectivity index (χ3n) is 5.84. The molecule has 0 unspecified atom stereocenters. The average Bonchev–Trinajstić information content (AvgIpc) is 3.25. The van der Waals surface area contributed by atoms with Gasteiger partial charge in [-0.05, 0) is 44.6 Å². The summed E-state index contributed by atoms with van der Waals surface area (Å²) in [6.45, 7) is 9.89. The molecule has 1 atom stereocenters. The van der Waals surface area contributed by atoms with Crippen LogP contribution in [0.25, 0.3) is 0 Å². The molecule has 3 heterocycles. The number of hydrogen-bond donors (Lipinski definition) is 0. The van der Waals surface area contributed by atoms with Gasteiger partial charge in [0.15, 0.2) is 0 Å². The summed E-state index contributed by atoms with van der Waals surface area (Å²) in [5.74, 6) is 0.967. The lowest BCUT2D eigenvalue weighted by Crippen LogP contribution is -2.48. The molecule has 0 radical (unpaired) electrons. The highest BCUT2D eigenvalue weighted by molar-refractivity contribution is 7.89. The average molecular weight is 372 g/mol. The van der Waals surface area contributed by atoms with Gasteiger partial charge in [-0.1, -0.05) is 13.8 Å². The molecule has 1 amide bonds. The van der Waals surface area contributed by atoms with Crippen molar-refractivity contribution in [2.24, 2.45) is 11.8 Å². The molecule has 3 aliphatic rings. The summed E-state index contributed by atoms with van der Waals surface area (Å²) >= 11 is 0. The molecule has 0 aliphatic carbocycles. The number of piperidine rings is 1. The van der Waals surface area contributed by atoms with E-state index in [2.05, 4.69) is 18.7 Å². The zero-order valence-corrected chi connectivity index (χ0v) is 16.5. The van der Waals surface area contributed by atoms with Crippen molar-refractivity contribution in [3.05, 3.63) is 0 Å². The summed E-state index contributed by atoms with van der Waals surface area (Å²) in [6, 6.07) is 0. The molecule has 7 heteroatoms. The second-order valence-corrected chi connectivity index (χ2v) is 10.5. The van der Waals surface area contributed by atoms with Gasteiger partial charge >= 0.3 is 0 Å². The van der Waals surface area contributed by atoms with Crippen LogP contribution in [0, 0.1) is 11.8 Å². The van der Waals surface area contributed by atoms with Gasteiger partial charge in [-0.2, -0.15) is 0 Å². The van der Waals surface area contributed by atoms with Gasteiger partial charge < -0.3 is 9.80 Å². The van der Waals surface area contributed by atoms with E-state index in [9.17, 15) is 13.2 Å². The predicted octanol–water partition coefficient (Wildman–Crippen LogP) is 1.38. The Hall–Kier alpha value is -0.660. The maximum Gasteiger partial charge on any atom is 0.227 e. The van der Waals surface area contributed by atoms with E-state index in [1.165, 1.54) is 0 Å². The number of carbonyl (C=O) groups excluding carboxylic acids is 1. The van der Waals surface area contributed by atoms with Crippen LogP contribution in [0.3, 0.4) is 0 Å². The minimum Gasteiger partial charge on any atom is -0.342 e. The topological polar surface area (TPSA) is 60.9 Å². The molecule has 0 aromatic heterocycles. The molecule has 0 aromatic rings. The summed E-state index contributed by atoms with van der Waals surface area (Å²) < 4.78 is 27.0. The van der Waals surface area contributed by atoms with Crippen LogP contribution in [-0.2, 0) is 14.8 Å². The fraction of sp³-hybridized carbons (Fsp3) is 0.944. The highest BCUT2D eigenvalue weighted by Crippen LogP contribution is 2.26. The Morgan fingerprint density at radius 2 is 1.64 bits per heavy atom. The van der Waals surface area contributed by atoms with Crippen molar-refractivity contribution in [1.82, 2.24) is 14.1 Å². The summed E-state index contributed by atoms with van der Waals surface area (Å²) in [4.78, 5) is 17.1. The molecule has 6 nitrogen and oxygen atoms in total. The van der Waals surface area contributed by atoms with Crippen LogP contribution in [0.4, 0.5) is 0 Å². The highest BCUT2D eigenvalue weighted by atomic mass is 32.2. The van der Waals surface area contributed by atoms with E-state index >= 15 is 0 Å². The first kappa shape index (κ1) is 19.1. The lowest BCUT2D eigenvalue weighted by Gasteiger charge is -2.34.